The number of anilines is 2. The van der Waals surface area contributed by atoms with Crippen LogP contribution in [0.2, 0.25) is 0 Å². The van der Waals surface area contributed by atoms with Crippen LogP contribution in [-0.4, -0.2) is 13.4 Å². The summed E-state index contributed by atoms with van der Waals surface area (Å²) in [6.45, 7) is 1.73. The van der Waals surface area contributed by atoms with Crippen LogP contribution in [0.3, 0.4) is 0 Å². The van der Waals surface area contributed by atoms with E-state index in [9.17, 15) is 8.42 Å². The highest BCUT2D eigenvalue weighted by Crippen LogP contribution is 2.26. The van der Waals surface area contributed by atoms with Crippen molar-refractivity contribution in [2.75, 3.05) is 10.5 Å². The molecule has 0 atom stereocenters. The number of aryl methyl sites for hydroxylation is 1. The molecule has 0 amide bonds. The zero-order chi connectivity index (χ0) is 14.0. The molecule has 0 aliphatic carbocycles. The van der Waals surface area contributed by atoms with E-state index in [1.165, 1.54) is 6.07 Å². The number of aromatic nitrogens is 1. The van der Waals surface area contributed by atoms with E-state index < -0.39 is 10.0 Å². The first-order valence-corrected chi connectivity index (χ1v) is 7.67. The number of nitrogens with one attached hydrogen (secondary N) is 1. The van der Waals surface area contributed by atoms with Crippen molar-refractivity contribution in [2.45, 2.75) is 11.8 Å². The maximum atomic E-state index is 12.3. The van der Waals surface area contributed by atoms with Crippen molar-refractivity contribution in [1.29, 1.82) is 0 Å². The average molecular weight is 342 g/mol. The number of halogens is 1. The highest BCUT2D eigenvalue weighted by Gasteiger charge is 2.19. The monoisotopic (exact) mass is 341 g/mol. The SMILES string of the molecule is Cc1ncccc1NS(=O)(=O)c1cc(N)ccc1Br. The van der Waals surface area contributed by atoms with Gasteiger partial charge < -0.3 is 5.73 Å². The molecule has 2 aromatic rings. The first kappa shape index (κ1) is 13.8. The number of nitrogens with zero attached hydrogens (tertiary/aromatic N) is 1. The molecule has 0 fully saturated rings. The third-order valence-corrected chi connectivity index (χ3v) is 4.86. The van der Waals surface area contributed by atoms with Crippen molar-refractivity contribution < 1.29 is 8.42 Å². The number of hydrogen-bond donors (Lipinski definition) is 2. The van der Waals surface area contributed by atoms with Gasteiger partial charge in [0.1, 0.15) is 4.90 Å². The molecule has 0 spiro atoms. The van der Waals surface area contributed by atoms with Crippen LogP contribution in [0.25, 0.3) is 0 Å². The molecule has 0 saturated carbocycles. The van der Waals surface area contributed by atoms with Crippen LogP contribution in [0, 0.1) is 6.92 Å². The summed E-state index contributed by atoms with van der Waals surface area (Å²) >= 11 is 3.21. The van der Waals surface area contributed by atoms with Gasteiger partial charge >= 0.3 is 0 Å². The maximum absolute atomic E-state index is 12.3. The van der Waals surface area contributed by atoms with E-state index in [2.05, 4.69) is 25.6 Å². The Kier molecular flexibility index (Phi) is 3.77. The lowest BCUT2D eigenvalue weighted by molar-refractivity contribution is 0.600. The zero-order valence-corrected chi connectivity index (χ0v) is 12.5. The Morgan fingerprint density at radius 3 is 2.74 bits per heavy atom. The largest absolute Gasteiger partial charge is 0.399 e. The quantitative estimate of drug-likeness (QED) is 0.840. The molecule has 2 rings (SSSR count). The summed E-state index contributed by atoms with van der Waals surface area (Å²) in [5.41, 5.74) is 7.05. The van der Waals surface area contributed by atoms with E-state index in [-0.39, 0.29) is 4.90 Å². The van der Waals surface area contributed by atoms with Crippen molar-refractivity contribution in [1.82, 2.24) is 4.98 Å². The van der Waals surface area contributed by atoms with Gasteiger partial charge in [0.05, 0.1) is 11.4 Å². The van der Waals surface area contributed by atoms with E-state index in [1.807, 2.05) is 0 Å². The fourth-order valence-corrected chi connectivity index (χ4v) is 3.63. The van der Waals surface area contributed by atoms with Crippen LogP contribution < -0.4 is 10.5 Å². The summed E-state index contributed by atoms with van der Waals surface area (Å²) < 4.78 is 27.6. The molecule has 100 valence electrons. The van der Waals surface area contributed by atoms with Crippen LogP contribution in [0.4, 0.5) is 11.4 Å². The van der Waals surface area contributed by atoms with Crippen LogP contribution in [0.5, 0.6) is 0 Å². The minimum atomic E-state index is -3.71. The lowest BCUT2D eigenvalue weighted by Crippen LogP contribution is -2.15. The van der Waals surface area contributed by atoms with Crippen LogP contribution in [0.15, 0.2) is 45.9 Å². The summed E-state index contributed by atoms with van der Waals surface area (Å²) in [6, 6.07) is 7.94. The highest BCUT2D eigenvalue weighted by molar-refractivity contribution is 9.10. The first-order valence-electron chi connectivity index (χ1n) is 5.39. The van der Waals surface area contributed by atoms with E-state index in [1.54, 1.807) is 37.4 Å². The van der Waals surface area contributed by atoms with Crippen molar-refractivity contribution >= 4 is 37.3 Å². The summed E-state index contributed by atoms with van der Waals surface area (Å²) in [4.78, 5) is 4.13. The van der Waals surface area contributed by atoms with Gasteiger partial charge in [0.25, 0.3) is 10.0 Å². The second-order valence-corrected chi connectivity index (χ2v) is 6.44. The number of nitrogens with two attached hydrogens (primary N) is 1. The van der Waals surface area contributed by atoms with Gasteiger partial charge in [-0.2, -0.15) is 0 Å². The smallest absolute Gasteiger partial charge is 0.263 e. The van der Waals surface area contributed by atoms with Gasteiger partial charge in [0, 0.05) is 16.4 Å². The summed E-state index contributed by atoms with van der Waals surface area (Å²) in [6.07, 6.45) is 1.60. The molecule has 0 unspecified atom stereocenters. The minimum Gasteiger partial charge on any atom is -0.399 e. The van der Waals surface area contributed by atoms with E-state index in [4.69, 9.17) is 5.73 Å². The van der Waals surface area contributed by atoms with Gasteiger partial charge in [0.15, 0.2) is 0 Å². The van der Waals surface area contributed by atoms with Gasteiger partial charge in [0.2, 0.25) is 0 Å². The van der Waals surface area contributed by atoms with Gasteiger partial charge in [-0.3, -0.25) is 9.71 Å². The molecule has 7 heteroatoms. The predicted molar refractivity (Wildman–Crippen MR) is 78.3 cm³/mol. The zero-order valence-electron chi connectivity index (χ0n) is 10.1. The molecule has 0 aliphatic heterocycles. The number of nitrogen functional groups attached to an aromatic ring is 1. The lowest BCUT2D eigenvalue weighted by Gasteiger charge is -2.11. The van der Waals surface area contributed by atoms with Gasteiger partial charge in [-0.1, -0.05) is 0 Å². The second-order valence-electron chi connectivity index (χ2n) is 3.93. The normalized spacial score (nSPS) is 11.3. The Bertz CT molecular complexity index is 717. The molecule has 0 aliphatic rings. The van der Waals surface area contributed by atoms with Crippen LogP contribution >= 0.6 is 15.9 Å². The Hall–Kier alpha value is -1.60. The molecule has 3 N–H and O–H groups in total. The van der Waals surface area contributed by atoms with Crippen molar-refractivity contribution in [3.63, 3.8) is 0 Å². The summed E-state index contributed by atoms with van der Waals surface area (Å²) in [7, 11) is -3.71. The highest BCUT2D eigenvalue weighted by atomic mass is 79.9. The Morgan fingerprint density at radius 1 is 1.32 bits per heavy atom. The molecule has 1 aromatic heterocycles. The maximum Gasteiger partial charge on any atom is 0.263 e. The fourth-order valence-electron chi connectivity index (χ4n) is 1.52. The van der Waals surface area contributed by atoms with Crippen LogP contribution in [0.1, 0.15) is 5.69 Å². The number of rotatable bonds is 3. The van der Waals surface area contributed by atoms with Crippen molar-refractivity contribution in [3.05, 3.63) is 46.7 Å². The topological polar surface area (TPSA) is 85.1 Å². The Morgan fingerprint density at radius 2 is 2.05 bits per heavy atom. The molecular weight excluding hydrogens is 330 g/mol. The third kappa shape index (κ3) is 3.05. The summed E-state index contributed by atoms with van der Waals surface area (Å²) in [5, 5.41) is 0. The molecular formula is C12H12BrN3O2S. The van der Waals surface area contributed by atoms with Gasteiger partial charge in [-0.25, -0.2) is 8.42 Å². The summed E-state index contributed by atoms with van der Waals surface area (Å²) in [5.74, 6) is 0. The molecule has 0 radical (unpaired) electrons. The third-order valence-electron chi connectivity index (χ3n) is 2.50. The van der Waals surface area contributed by atoms with E-state index in [0.29, 0.717) is 21.5 Å². The van der Waals surface area contributed by atoms with Crippen molar-refractivity contribution in [2.24, 2.45) is 0 Å². The van der Waals surface area contributed by atoms with Gasteiger partial charge in [-0.15, -0.1) is 0 Å². The fraction of sp³-hybridized carbons (Fsp3) is 0.0833. The van der Waals surface area contributed by atoms with E-state index >= 15 is 0 Å². The molecule has 0 saturated heterocycles. The average Bonchev–Trinajstić information content (AvgIpc) is 2.35. The standard InChI is InChI=1S/C12H12BrN3O2S/c1-8-11(3-2-6-15-8)16-19(17,18)12-7-9(14)4-5-10(12)13/h2-7,16H,14H2,1H3. The van der Waals surface area contributed by atoms with Crippen molar-refractivity contribution in [3.8, 4) is 0 Å². The second kappa shape index (κ2) is 5.18. The number of pyridine rings is 1. The molecule has 5 nitrogen and oxygen atoms in total. The predicted octanol–water partition coefficient (Wildman–Crippen LogP) is 2.54. The van der Waals surface area contributed by atoms with Gasteiger partial charge in [-0.05, 0) is 53.2 Å². The Balaban J connectivity index is 2.44. The number of hydrogen-bond acceptors (Lipinski definition) is 4. The number of sulfonamides is 1. The number of benzene rings is 1. The lowest BCUT2D eigenvalue weighted by atomic mass is 10.3. The molecule has 0 bridgehead atoms. The van der Waals surface area contributed by atoms with Crippen LogP contribution in [-0.2, 0) is 10.0 Å². The molecule has 1 heterocycles. The minimum absolute atomic E-state index is 0.0933. The van der Waals surface area contributed by atoms with E-state index in [0.717, 1.165) is 0 Å². The Labute approximate surface area is 120 Å². The molecule has 19 heavy (non-hydrogen) atoms. The molecule has 1 aromatic carbocycles. The first-order chi connectivity index (χ1) is 8.90.